The van der Waals surface area contributed by atoms with E-state index in [0.29, 0.717) is 32.7 Å². The third-order valence-corrected chi connectivity index (χ3v) is 6.92. The van der Waals surface area contributed by atoms with Crippen LogP contribution >= 0.6 is 15.9 Å². The fourth-order valence-corrected chi connectivity index (χ4v) is 5.32. The molecule has 1 fully saturated rings. The summed E-state index contributed by atoms with van der Waals surface area (Å²) in [7, 11) is 0. The minimum absolute atomic E-state index is 0.134. The van der Waals surface area contributed by atoms with E-state index in [2.05, 4.69) is 82.0 Å². The van der Waals surface area contributed by atoms with E-state index in [1.54, 1.807) is 0 Å². The van der Waals surface area contributed by atoms with Crippen LogP contribution in [0.5, 0.6) is 0 Å². The van der Waals surface area contributed by atoms with Crippen LogP contribution in [0.1, 0.15) is 18.9 Å². The minimum atomic E-state index is -0.840. The molecule has 5 rings (SSSR count). The molecule has 4 aromatic rings. The average Bonchev–Trinajstić information content (AvgIpc) is 3.15. The van der Waals surface area contributed by atoms with Crippen molar-refractivity contribution in [3.05, 3.63) is 82.8 Å². The summed E-state index contributed by atoms with van der Waals surface area (Å²) >= 11 is 3.63. The minimum Gasteiger partial charge on any atom is -0.378 e. The van der Waals surface area contributed by atoms with Gasteiger partial charge in [-0.1, -0.05) is 71.4 Å². The molecule has 0 bridgehead atoms. The number of benzene rings is 3. The number of hydrogen-bond acceptors (Lipinski definition) is 2. The van der Waals surface area contributed by atoms with Crippen molar-refractivity contribution in [2.24, 2.45) is 0 Å². The van der Waals surface area contributed by atoms with Gasteiger partial charge < -0.3 is 14.2 Å². The van der Waals surface area contributed by atoms with E-state index >= 15 is 0 Å². The van der Waals surface area contributed by atoms with E-state index < -0.39 is 5.54 Å². The zero-order valence-electron chi connectivity index (χ0n) is 17.6. The van der Waals surface area contributed by atoms with Crippen molar-refractivity contribution in [3.8, 4) is 0 Å². The average molecular weight is 477 g/mol. The molecule has 158 valence electrons. The number of hydrogen-bond donors (Lipinski definition) is 0. The number of ether oxygens (including phenoxy) is 1. The maximum absolute atomic E-state index is 14.3. The van der Waals surface area contributed by atoms with Crippen LogP contribution in [-0.4, -0.2) is 41.7 Å². The smallest absolute Gasteiger partial charge is 0.253 e. The third kappa shape index (κ3) is 3.19. The molecule has 1 aliphatic heterocycles. The van der Waals surface area contributed by atoms with Crippen molar-refractivity contribution in [1.29, 1.82) is 0 Å². The normalized spacial score (nSPS) is 16.5. The number of nitrogens with zero attached hydrogens (tertiary/aromatic N) is 2. The van der Waals surface area contributed by atoms with E-state index in [9.17, 15) is 4.79 Å². The Kier molecular flexibility index (Phi) is 5.32. The predicted octanol–water partition coefficient (Wildman–Crippen LogP) is 5.57. The standard InChI is InChI=1S/C26H25BrN2O2/c1-2-26(19-8-4-3-5-9-19,25(30)28-14-16-31-17-15-28)29-23-11-7-6-10-21(23)22-18-20(27)12-13-24(22)29/h3-13,18H,2,14-17H2,1H3/t26-/m0/s1. The van der Waals surface area contributed by atoms with Crippen LogP contribution in [0.4, 0.5) is 0 Å². The quantitative estimate of drug-likeness (QED) is 0.385. The molecule has 0 unspecified atom stereocenters. The van der Waals surface area contributed by atoms with Gasteiger partial charge in [-0.25, -0.2) is 0 Å². The van der Waals surface area contributed by atoms with Gasteiger partial charge in [0.1, 0.15) is 5.54 Å². The summed E-state index contributed by atoms with van der Waals surface area (Å²) in [5.41, 5.74) is 2.31. The fraction of sp³-hybridized carbons (Fsp3) is 0.269. The number of amides is 1. The maximum Gasteiger partial charge on any atom is 0.253 e. The lowest BCUT2D eigenvalue weighted by atomic mass is 9.84. The van der Waals surface area contributed by atoms with Gasteiger partial charge in [-0.15, -0.1) is 0 Å². The van der Waals surface area contributed by atoms with Crippen LogP contribution in [0.15, 0.2) is 77.3 Å². The van der Waals surface area contributed by atoms with Gasteiger partial charge in [0.2, 0.25) is 0 Å². The molecule has 1 aliphatic rings. The zero-order valence-corrected chi connectivity index (χ0v) is 19.1. The summed E-state index contributed by atoms with van der Waals surface area (Å²) in [5.74, 6) is 0.134. The Morgan fingerprint density at radius 3 is 2.35 bits per heavy atom. The molecular weight excluding hydrogens is 452 g/mol. The summed E-state index contributed by atoms with van der Waals surface area (Å²) in [5, 5.41) is 2.30. The van der Waals surface area contributed by atoms with Gasteiger partial charge in [-0.2, -0.15) is 0 Å². The van der Waals surface area contributed by atoms with Gasteiger partial charge in [-0.05, 0) is 36.2 Å². The van der Waals surface area contributed by atoms with Gasteiger partial charge in [0.05, 0.1) is 24.2 Å². The van der Waals surface area contributed by atoms with E-state index in [4.69, 9.17) is 4.74 Å². The summed E-state index contributed by atoms with van der Waals surface area (Å²) < 4.78 is 8.85. The first-order valence-corrected chi connectivity index (χ1v) is 11.6. The van der Waals surface area contributed by atoms with Gasteiger partial charge in [0.15, 0.2) is 0 Å². The van der Waals surface area contributed by atoms with Crippen molar-refractivity contribution < 1.29 is 9.53 Å². The molecule has 5 heteroatoms. The van der Waals surface area contributed by atoms with Crippen LogP contribution in [0.25, 0.3) is 21.8 Å². The zero-order chi connectivity index (χ0) is 21.4. The SMILES string of the molecule is CC[C@@](C(=O)N1CCOCC1)(c1ccccc1)n1c2ccccc2c2cc(Br)ccc21. The van der Waals surface area contributed by atoms with Crippen LogP contribution in [0.3, 0.4) is 0 Å². The molecule has 1 amide bonds. The second-order valence-electron chi connectivity index (χ2n) is 8.00. The van der Waals surface area contributed by atoms with Crippen molar-refractivity contribution in [2.75, 3.05) is 26.3 Å². The molecule has 2 heterocycles. The van der Waals surface area contributed by atoms with Crippen molar-refractivity contribution in [3.63, 3.8) is 0 Å². The lowest BCUT2D eigenvalue weighted by Gasteiger charge is -2.40. The monoisotopic (exact) mass is 476 g/mol. The molecule has 0 aliphatic carbocycles. The Bertz CT molecular complexity index is 1240. The molecule has 3 aromatic carbocycles. The first kappa shape index (κ1) is 20.3. The van der Waals surface area contributed by atoms with E-state index in [-0.39, 0.29) is 5.91 Å². The Morgan fingerprint density at radius 1 is 0.935 bits per heavy atom. The third-order valence-electron chi connectivity index (χ3n) is 6.43. The van der Waals surface area contributed by atoms with Gasteiger partial charge in [0, 0.05) is 28.3 Å². The summed E-state index contributed by atoms with van der Waals surface area (Å²) in [6, 6.07) is 24.9. The van der Waals surface area contributed by atoms with Gasteiger partial charge in [0.25, 0.3) is 5.91 Å². The van der Waals surface area contributed by atoms with Crippen LogP contribution in [-0.2, 0) is 15.1 Å². The highest BCUT2D eigenvalue weighted by atomic mass is 79.9. The second kappa shape index (κ2) is 8.13. The van der Waals surface area contributed by atoms with Gasteiger partial charge >= 0.3 is 0 Å². The number of halogens is 1. The van der Waals surface area contributed by atoms with E-state index in [0.717, 1.165) is 31.8 Å². The summed E-state index contributed by atoms with van der Waals surface area (Å²) in [6.07, 6.45) is 0.650. The highest BCUT2D eigenvalue weighted by Gasteiger charge is 2.45. The molecular formula is C26H25BrN2O2. The Labute approximate surface area is 190 Å². The van der Waals surface area contributed by atoms with Crippen LogP contribution < -0.4 is 0 Å². The van der Waals surface area contributed by atoms with E-state index in [1.807, 2.05) is 23.1 Å². The number of rotatable bonds is 4. The van der Waals surface area contributed by atoms with Gasteiger partial charge in [-0.3, -0.25) is 4.79 Å². The topological polar surface area (TPSA) is 34.5 Å². The summed E-state index contributed by atoms with van der Waals surface area (Å²) in [4.78, 5) is 16.3. The Hall–Kier alpha value is -2.63. The van der Waals surface area contributed by atoms with Crippen molar-refractivity contribution in [2.45, 2.75) is 18.9 Å². The lowest BCUT2D eigenvalue weighted by Crippen LogP contribution is -2.54. The Balaban J connectivity index is 1.87. The van der Waals surface area contributed by atoms with Crippen LogP contribution in [0, 0.1) is 0 Å². The number of carbonyl (C=O) groups excluding carboxylic acids is 1. The predicted molar refractivity (Wildman–Crippen MR) is 128 cm³/mol. The number of para-hydroxylation sites is 1. The maximum atomic E-state index is 14.3. The molecule has 0 radical (unpaired) electrons. The molecule has 0 N–H and O–H groups in total. The second-order valence-corrected chi connectivity index (χ2v) is 8.91. The fourth-order valence-electron chi connectivity index (χ4n) is 4.96. The molecule has 4 nitrogen and oxygen atoms in total. The molecule has 0 saturated carbocycles. The van der Waals surface area contributed by atoms with Crippen LogP contribution in [0.2, 0.25) is 0 Å². The first-order valence-electron chi connectivity index (χ1n) is 10.8. The highest BCUT2D eigenvalue weighted by molar-refractivity contribution is 9.10. The number of fused-ring (bicyclic) bond motifs is 3. The molecule has 1 atom stereocenters. The molecule has 31 heavy (non-hydrogen) atoms. The first-order chi connectivity index (χ1) is 15.2. The highest BCUT2D eigenvalue weighted by Crippen LogP contribution is 2.41. The molecule has 1 aromatic heterocycles. The largest absolute Gasteiger partial charge is 0.378 e. The van der Waals surface area contributed by atoms with Crippen molar-refractivity contribution >= 4 is 43.6 Å². The van der Waals surface area contributed by atoms with E-state index in [1.165, 1.54) is 0 Å². The molecule has 1 saturated heterocycles. The Morgan fingerprint density at radius 2 is 1.61 bits per heavy atom. The van der Waals surface area contributed by atoms with Crippen molar-refractivity contribution in [1.82, 2.24) is 9.47 Å². The number of morpholine rings is 1. The number of carbonyl (C=O) groups is 1. The lowest BCUT2D eigenvalue weighted by molar-refractivity contribution is -0.142. The molecule has 0 spiro atoms. The summed E-state index contributed by atoms with van der Waals surface area (Å²) in [6.45, 7) is 4.53. The number of aromatic nitrogens is 1.